The molecule has 1 saturated heterocycles. The molecule has 3 aromatic heterocycles. The van der Waals surface area contributed by atoms with Gasteiger partial charge in [-0.2, -0.15) is 19.2 Å². The second-order valence-corrected chi connectivity index (χ2v) is 10.1. The first kappa shape index (κ1) is 17.6. The average Bonchev–Trinajstić information content (AvgIpc) is 3.24. The van der Waals surface area contributed by atoms with Crippen LogP contribution in [0.2, 0.25) is 0 Å². The highest BCUT2D eigenvalue weighted by Crippen LogP contribution is 2.36. The maximum absolute atomic E-state index is 13.1. The largest absolute Gasteiger partial charge is 0.377 e. The molecule has 9 nitrogen and oxygen atoms in total. The van der Waals surface area contributed by atoms with Gasteiger partial charge in [0.25, 0.3) is 0 Å². The Labute approximate surface area is 163 Å². The molecular weight excluding hydrogens is 378 g/mol. The molecule has 0 unspecified atom stereocenters. The summed E-state index contributed by atoms with van der Waals surface area (Å²) in [5.41, 5.74) is 1.36. The van der Waals surface area contributed by atoms with Crippen molar-refractivity contribution in [3.05, 3.63) is 24.5 Å². The quantitative estimate of drug-likeness (QED) is 0.720. The number of fused-ring (bicyclic) bond motifs is 1. The summed E-state index contributed by atoms with van der Waals surface area (Å²) >= 11 is 0. The molecule has 28 heavy (non-hydrogen) atoms. The molecule has 148 valence electrons. The minimum Gasteiger partial charge on any atom is -0.377 e. The van der Waals surface area contributed by atoms with Crippen LogP contribution in [-0.4, -0.2) is 66.5 Å². The van der Waals surface area contributed by atoms with Gasteiger partial charge in [0.2, 0.25) is 0 Å². The third kappa shape index (κ3) is 3.06. The molecule has 3 aromatic rings. The lowest BCUT2D eigenvalue weighted by Crippen LogP contribution is -2.44. The zero-order valence-corrected chi connectivity index (χ0v) is 16.7. The van der Waals surface area contributed by atoms with E-state index in [9.17, 15) is 4.21 Å². The van der Waals surface area contributed by atoms with Crippen molar-refractivity contribution in [2.45, 2.75) is 31.1 Å². The predicted octanol–water partition coefficient (Wildman–Crippen LogP) is 2.26. The number of hydrogen-bond acceptors (Lipinski definition) is 7. The van der Waals surface area contributed by atoms with Gasteiger partial charge in [-0.15, -0.1) is 0 Å². The normalized spacial score (nSPS) is 22.4. The standard InChI is InChI=1S/C18H23N7O2S/c1-12-11-27-8-7-24(12)17-9-15(23-28(2,26)13-3-4-13)14-10-20-25(18(14)21-17)16-5-6-19-22-16/h5-6,9-10,12-13H,3-4,7-8,11H2,1-2H3,(H,19,22)/t12-,28+/m1/s1. The van der Waals surface area contributed by atoms with Crippen LogP contribution in [0.1, 0.15) is 19.8 Å². The summed E-state index contributed by atoms with van der Waals surface area (Å²) in [6.07, 6.45) is 7.12. The van der Waals surface area contributed by atoms with Crippen LogP contribution in [0.15, 0.2) is 28.9 Å². The van der Waals surface area contributed by atoms with Gasteiger partial charge in [-0.05, 0) is 19.8 Å². The van der Waals surface area contributed by atoms with Crippen LogP contribution in [0.3, 0.4) is 0 Å². The van der Waals surface area contributed by atoms with Crippen molar-refractivity contribution in [3.8, 4) is 5.82 Å². The Balaban J connectivity index is 1.72. The molecule has 1 aliphatic heterocycles. The van der Waals surface area contributed by atoms with Gasteiger partial charge in [-0.25, -0.2) is 9.19 Å². The van der Waals surface area contributed by atoms with Gasteiger partial charge in [0.05, 0.1) is 52.5 Å². The van der Waals surface area contributed by atoms with E-state index in [1.807, 2.05) is 12.1 Å². The molecule has 1 aliphatic carbocycles. The Morgan fingerprint density at radius 2 is 2.25 bits per heavy atom. The molecule has 10 heteroatoms. The Hall–Kier alpha value is -2.46. The number of aromatic nitrogens is 5. The van der Waals surface area contributed by atoms with Gasteiger partial charge in [-0.3, -0.25) is 5.10 Å². The molecule has 0 aromatic carbocycles. The number of nitrogens with one attached hydrogen (secondary N) is 1. The number of H-pyrrole nitrogens is 1. The molecule has 0 radical (unpaired) electrons. The Kier molecular flexibility index (Phi) is 4.13. The monoisotopic (exact) mass is 401 g/mol. The molecular formula is C18H23N7O2S. The van der Waals surface area contributed by atoms with Crippen molar-refractivity contribution in [1.29, 1.82) is 0 Å². The zero-order valence-electron chi connectivity index (χ0n) is 15.9. The fourth-order valence-electron chi connectivity index (χ4n) is 3.58. The van der Waals surface area contributed by atoms with E-state index in [4.69, 9.17) is 14.1 Å². The minimum atomic E-state index is -2.29. The molecule has 1 N–H and O–H groups in total. The maximum Gasteiger partial charge on any atom is 0.169 e. The average molecular weight is 401 g/mol. The zero-order chi connectivity index (χ0) is 19.3. The van der Waals surface area contributed by atoms with Gasteiger partial charge in [-0.1, -0.05) is 0 Å². The third-order valence-corrected chi connectivity index (χ3v) is 7.57. The number of nitrogens with zero attached hydrogens (tertiary/aromatic N) is 6. The molecule has 4 heterocycles. The van der Waals surface area contributed by atoms with Gasteiger partial charge in [0, 0.05) is 30.2 Å². The van der Waals surface area contributed by atoms with Crippen molar-refractivity contribution >= 4 is 32.3 Å². The van der Waals surface area contributed by atoms with Crippen molar-refractivity contribution in [3.63, 3.8) is 0 Å². The highest BCUT2D eigenvalue weighted by Gasteiger charge is 2.31. The first-order valence-corrected chi connectivity index (χ1v) is 11.5. The van der Waals surface area contributed by atoms with Crippen LogP contribution < -0.4 is 4.90 Å². The van der Waals surface area contributed by atoms with Crippen LogP contribution in [0.4, 0.5) is 11.5 Å². The maximum atomic E-state index is 13.1. The minimum absolute atomic E-state index is 0.184. The molecule has 2 aliphatic rings. The Morgan fingerprint density at radius 1 is 1.39 bits per heavy atom. The van der Waals surface area contributed by atoms with Gasteiger partial charge >= 0.3 is 0 Å². The fraction of sp³-hybridized carbons (Fsp3) is 0.500. The lowest BCUT2D eigenvalue weighted by atomic mass is 10.2. The molecule has 2 atom stereocenters. The summed E-state index contributed by atoms with van der Waals surface area (Å²) in [5, 5.41) is 12.4. The number of anilines is 1. The van der Waals surface area contributed by atoms with Crippen LogP contribution in [0.25, 0.3) is 16.9 Å². The topological polar surface area (TPSA) is 101 Å². The number of rotatable bonds is 4. The number of ether oxygens (including phenoxy) is 1. The van der Waals surface area contributed by atoms with Crippen LogP contribution in [-0.2, 0) is 14.5 Å². The number of pyridine rings is 1. The number of morpholine rings is 1. The molecule has 0 spiro atoms. The van der Waals surface area contributed by atoms with Crippen LogP contribution >= 0.6 is 0 Å². The summed E-state index contributed by atoms with van der Waals surface area (Å²) in [4.78, 5) is 7.10. The van der Waals surface area contributed by atoms with Crippen molar-refractivity contribution in [2.75, 3.05) is 30.9 Å². The molecule has 0 amide bonds. The Morgan fingerprint density at radius 3 is 2.96 bits per heavy atom. The first-order chi connectivity index (χ1) is 13.5. The summed E-state index contributed by atoms with van der Waals surface area (Å²) in [5.74, 6) is 1.52. The van der Waals surface area contributed by atoms with E-state index in [1.165, 1.54) is 0 Å². The SMILES string of the molecule is C[C@@H]1COCCN1c1cc(N=[S@@](C)(=O)C2CC2)c2cnn(-c3ccn[nH]3)c2n1. The van der Waals surface area contributed by atoms with E-state index in [0.29, 0.717) is 24.5 Å². The van der Waals surface area contributed by atoms with Crippen LogP contribution in [0, 0.1) is 0 Å². The highest BCUT2D eigenvalue weighted by atomic mass is 32.2. The Bertz CT molecular complexity index is 1130. The summed E-state index contributed by atoms with van der Waals surface area (Å²) < 4.78 is 25.1. The van der Waals surface area contributed by atoms with E-state index in [1.54, 1.807) is 23.3 Å². The van der Waals surface area contributed by atoms with Crippen molar-refractivity contribution in [1.82, 2.24) is 25.0 Å². The van der Waals surface area contributed by atoms with E-state index in [0.717, 1.165) is 36.4 Å². The second kappa shape index (κ2) is 6.56. The fourth-order valence-corrected chi connectivity index (χ4v) is 5.28. The molecule has 1 saturated carbocycles. The number of hydrogen-bond donors (Lipinski definition) is 1. The van der Waals surface area contributed by atoms with Crippen molar-refractivity contribution in [2.24, 2.45) is 4.36 Å². The lowest BCUT2D eigenvalue weighted by molar-refractivity contribution is 0.0985. The smallest absolute Gasteiger partial charge is 0.169 e. The van der Waals surface area contributed by atoms with Gasteiger partial charge in [0.1, 0.15) is 5.82 Å². The molecule has 2 fully saturated rings. The van der Waals surface area contributed by atoms with E-state index in [-0.39, 0.29) is 11.3 Å². The second-order valence-electron chi connectivity index (χ2n) is 7.50. The van der Waals surface area contributed by atoms with E-state index < -0.39 is 9.73 Å². The summed E-state index contributed by atoms with van der Waals surface area (Å²) in [7, 11) is -2.29. The van der Waals surface area contributed by atoms with E-state index >= 15 is 0 Å². The van der Waals surface area contributed by atoms with Gasteiger partial charge < -0.3 is 9.64 Å². The molecule has 5 rings (SSSR count). The first-order valence-electron chi connectivity index (χ1n) is 9.47. The molecule has 0 bridgehead atoms. The van der Waals surface area contributed by atoms with Gasteiger partial charge in [0.15, 0.2) is 11.5 Å². The third-order valence-electron chi connectivity index (χ3n) is 5.30. The predicted molar refractivity (Wildman–Crippen MR) is 108 cm³/mol. The van der Waals surface area contributed by atoms with E-state index in [2.05, 4.69) is 27.1 Å². The number of aromatic amines is 1. The van der Waals surface area contributed by atoms with Crippen molar-refractivity contribution < 1.29 is 8.95 Å². The lowest BCUT2D eigenvalue weighted by Gasteiger charge is -2.34. The van der Waals surface area contributed by atoms with Crippen LogP contribution in [0.5, 0.6) is 0 Å². The summed E-state index contributed by atoms with van der Waals surface area (Å²) in [6, 6.07) is 3.97. The summed E-state index contributed by atoms with van der Waals surface area (Å²) in [6.45, 7) is 4.17. The highest BCUT2D eigenvalue weighted by molar-refractivity contribution is 7.93.